The van der Waals surface area contributed by atoms with Crippen LogP contribution in [0.2, 0.25) is 10.0 Å². The van der Waals surface area contributed by atoms with Crippen LogP contribution in [0.3, 0.4) is 0 Å². The number of hydrogen-bond acceptors (Lipinski definition) is 3. The molecule has 0 aliphatic rings. The average Bonchev–Trinajstić information content (AvgIpc) is 2.50. The number of carbonyl (C=O) groups is 1. The van der Waals surface area contributed by atoms with E-state index in [1.807, 2.05) is 0 Å². The highest BCUT2D eigenvalue weighted by molar-refractivity contribution is 7.85. The van der Waals surface area contributed by atoms with E-state index in [-0.39, 0.29) is 0 Å². The molecule has 0 atom stereocenters. The molecular formula is C15H15Cl2N2O4S+. The number of halogens is 2. The lowest BCUT2D eigenvalue weighted by Gasteiger charge is -2.23. The Bertz CT molecular complexity index is 881. The smallest absolute Gasteiger partial charge is 0.322 e. The highest BCUT2D eigenvalue weighted by Gasteiger charge is 2.33. The van der Waals surface area contributed by atoms with Gasteiger partial charge in [-0.2, -0.15) is 3.89 Å². The molecule has 2 aromatic rings. The van der Waals surface area contributed by atoms with E-state index < -0.39 is 20.1 Å². The van der Waals surface area contributed by atoms with E-state index in [0.717, 1.165) is 0 Å². The third-order valence-corrected chi connectivity index (χ3v) is 5.61. The van der Waals surface area contributed by atoms with Crippen LogP contribution in [0, 0.1) is 0 Å². The third-order valence-electron chi connectivity index (χ3n) is 3.51. The van der Waals surface area contributed by atoms with Gasteiger partial charge in [-0.3, -0.25) is 4.79 Å². The first-order chi connectivity index (χ1) is 11.0. The molecule has 6 nitrogen and oxygen atoms in total. The Morgan fingerprint density at radius 1 is 1.04 bits per heavy atom. The largest absolute Gasteiger partial charge is 0.437 e. The second-order valence-corrected chi connectivity index (χ2v) is 8.05. The quantitative estimate of drug-likeness (QED) is 0.617. The van der Waals surface area contributed by atoms with Crippen LogP contribution < -0.4 is 9.21 Å². The van der Waals surface area contributed by atoms with Gasteiger partial charge in [0.1, 0.15) is 5.69 Å². The van der Waals surface area contributed by atoms with Crippen molar-refractivity contribution in [1.82, 2.24) is 3.89 Å². The molecule has 0 aliphatic carbocycles. The van der Waals surface area contributed by atoms with Crippen LogP contribution in [0.15, 0.2) is 42.5 Å². The van der Waals surface area contributed by atoms with Gasteiger partial charge in [0, 0.05) is 23.4 Å². The molecule has 0 spiro atoms. The lowest BCUT2D eigenvalue weighted by Crippen LogP contribution is -2.45. The summed E-state index contributed by atoms with van der Waals surface area (Å²) in [6.45, 7) is 0. The number of nitrogens with zero attached hydrogens (tertiary/aromatic N) is 1. The lowest BCUT2D eigenvalue weighted by molar-refractivity contribution is 0.102. The molecular weight excluding hydrogens is 375 g/mol. The van der Waals surface area contributed by atoms with Crippen LogP contribution in [0.25, 0.3) is 0 Å². The summed E-state index contributed by atoms with van der Waals surface area (Å²) in [5.41, 5.74) is 1.11. The van der Waals surface area contributed by atoms with Crippen molar-refractivity contribution in [2.24, 2.45) is 0 Å². The maximum Gasteiger partial charge on any atom is 0.437 e. The van der Waals surface area contributed by atoms with Crippen LogP contribution >= 0.6 is 23.2 Å². The topological polar surface area (TPSA) is 83.5 Å². The summed E-state index contributed by atoms with van der Waals surface area (Å²) in [5.74, 6) is -0.392. The van der Waals surface area contributed by atoms with Gasteiger partial charge in [-0.25, -0.2) is 4.55 Å². The highest BCUT2D eigenvalue weighted by atomic mass is 35.5. The van der Waals surface area contributed by atoms with Gasteiger partial charge in [0.15, 0.2) is 0 Å². The molecule has 2 rings (SSSR count). The van der Waals surface area contributed by atoms with Gasteiger partial charge in [0.2, 0.25) is 0 Å². The lowest BCUT2D eigenvalue weighted by atomic mass is 10.2. The first kappa shape index (κ1) is 18.7. The van der Waals surface area contributed by atoms with Gasteiger partial charge >= 0.3 is 10.3 Å². The van der Waals surface area contributed by atoms with Crippen LogP contribution in [-0.4, -0.2) is 33.0 Å². The molecule has 0 fully saturated rings. The van der Waals surface area contributed by atoms with Gasteiger partial charge < -0.3 is 5.32 Å². The number of quaternary nitrogens is 1. The summed E-state index contributed by atoms with van der Waals surface area (Å²) in [6, 6.07) is 10.5. The Morgan fingerprint density at radius 3 is 2.12 bits per heavy atom. The summed E-state index contributed by atoms with van der Waals surface area (Å²) >= 11 is 11.7. The van der Waals surface area contributed by atoms with Crippen molar-refractivity contribution in [2.45, 2.75) is 0 Å². The minimum Gasteiger partial charge on any atom is -0.322 e. The maximum absolute atomic E-state index is 12.2. The third kappa shape index (κ3) is 3.88. The first-order valence-electron chi connectivity index (χ1n) is 6.71. The molecule has 0 aromatic heterocycles. The van der Waals surface area contributed by atoms with Gasteiger partial charge in [0.25, 0.3) is 5.91 Å². The van der Waals surface area contributed by atoms with E-state index in [4.69, 9.17) is 23.2 Å². The Hall–Kier alpha value is -1.64. The number of anilines is 1. The molecule has 128 valence electrons. The van der Waals surface area contributed by atoms with Crippen molar-refractivity contribution in [3.8, 4) is 0 Å². The van der Waals surface area contributed by atoms with Crippen molar-refractivity contribution in [2.75, 3.05) is 19.4 Å². The van der Waals surface area contributed by atoms with Crippen molar-refractivity contribution >= 4 is 50.8 Å². The molecule has 2 aromatic carbocycles. The molecule has 0 aliphatic heterocycles. The predicted molar refractivity (Wildman–Crippen MR) is 96.0 cm³/mol. The Morgan fingerprint density at radius 2 is 1.62 bits per heavy atom. The van der Waals surface area contributed by atoms with E-state index >= 15 is 0 Å². The van der Waals surface area contributed by atoms with Gasteiger partial charge in [-0.15, -0.1) is 8.42 Å². The molecule has 0 bridgehead atoms. The normalized spacial score (nSPS) is 12.0. The molecule has 0 unspecified atom stereocenters. The van der Waals surface area contributed by atoms with Crippen LogP contribution in [0.4, 0.5) is 11.4 Å². The summed E-state index contributed by atoms with van der Waals surface area (Å²) in [4.78, 5) is 12.2. The number of benzene rings is 2. The zero-order valence-corrected chi connectivity index (χ0v) is 15.2. The Labute approximate surface area is 150 Å². The fraction of sp³-hybridized carbons (Fsp3) is 0.133. The molecule has 0 heterocycles. The Kier molecular flexibility index (Phi) is 5.22. The second-order valence-electron chi connectivity index (χ2n) is 5.43. The predicted octanol–water partition coefficient (Wildman–Crippen LogP) is 3.62. The molecule has 9 heteroatoms. The van der Waals surface area contributed by atoms with Gasteiger partial charge in [-0.05, 0) is 30.3 Å². The molecule has 0 radical (unpaired) electrons. The summed E-state index contributed by atoms with van der Waals surface area (Å²) in [5, 5.41) is 3.36. The maximum atomic E-state index is 12.2. The molecule has 24 heavy (non-hydrogen) atoms. The van der Waals surface area contributed by atoms with Gasteiger partial charge in [-0.1, -0.05) is 23.2 Å². The minimum atomic E-state index is -4.34. The van der Waals surface area contributed by atoms with E-state index in [2.05, 4.69) is 5.32 Å². The van der Waals surface area contributed by atoms with E-state index in [0.29, 0.717) is 27.0 Å². The summed E-state index contributed by atoms with van der Waals surface area (Å²) in [6.07, 6.45) is 0. The molecule has 2 N–H and O–H groups in total. The van der Waals surface area contributed by atoms with E-state index in [1.165, 1.54) is 44.4 Å². The number of amides is 1. The zero-order chi connectivity index (χ0) is 18.1. The van der Waals surface area contributed by atoms with E-state index in [1.54, 1.807) is 12.1 Å². The van der Waals surface area contributed by atoms with E-state index in [9.17, 15) is 17.8 Å². The van der Waals surface area contributed by atoms with Crippen molar-refractivity contribution in [3.05, 3.63) is 58.1 Å². The fourth-order valence-corrected chi connectivity index (χ4v) is 2.57. The SMILES string of the molecule is C[N+](C)(c1ccc(C(=O)Nc2ccc(Cl)c(Cl)c2)cc1)S(=O)(=O)O. The van der Waals surface area contributed by atoms with Crippen LogP contribution in [0.1, 0.15) is 10.4 Å². The number of nitrogens with one attached hydrogen (secondary N) is 1. The minimum absolute atomic E-state index is 0.309. The molecule has 0 saturated heterocycles. The van der Waals surface area contributed by atoms with Gasteiger partial charge in [0.05, 0.1) is 24.1 Å². The first-order valence-corrected chi connectivity index (χ1v) is 8.86. The number of hydrogen-bond donors (Lipinski definition) is 2. The second kappa shape index (κ2) is 6.70. The molecule has 1 amide bonds. The molecule has 0 saturated carbocycles. The monoisotopic (exact) mass is 389 g/mol. The van der Waals surface area contributed by atoms with Crippen molar-refractivity contribution in [1.29, 1.82) is 0 Å². The highest BCUT2D eigenvalue weighted by Crippen LogP contribution is 2.26. The van der Waals surface area contributed by atoms with Crippen LogP contribution in [0.5, 0.6) is 0 Å². The number of carbonyl (C=O) groups excluding carboxylic acids is 1. The van der Waals surface area contributed by atoms with Crippen molar-refractivity contribution in [3.63, 3.8) is 0 Å². The Balaban J connectivity index is 2.21. The average molecular weight is 390 g/mol. The van der Waals surface area contributed by atoms with Crippen molar-refractivity contribution < 1.29 is 17.8 Å². The summed E-state index contributed by atoms with van der Waals surface area (Å²) < 4.78 is 31.3. The summed E-state index contributed by atoms with van der Waals surface area (Å²) in [7, 11) is -1.70. The fourth-order valence-electron chi connectivity index (χ4n) is 1.88. The number of rotatable bonds is 4. The standard InChI is InChI=1S/C15H14Cl2N2O4S/c1-19(2,24(21,22)23)12-6-3-10(4-7-12)15(20)18-11-5-8-13(16)14(17)9-11/h3-9H,1-2H3,(H-,18,20,21,22,23)/p+1. The van der Waals surface area contributed by atoms with Crippen LogP contribution in [-0.2, 0) is 10.3 Å². The zero-order valence-electron chi connectivity index (χ0n) is 12.8.